The number of hydrogen-bond donors (Lipinski definition) is 2. The van der Waals surface area contributed by atoms with E-state index in [1.165, 1.54) is 12.8 Å². The summed E-state index contributed by atoms with van der Waals surface area (Å²) in [7, 11) is 4.33. The van der Waals surface area contributed by atoms with Gasteiger partial charge in [-0.1, -0.05) is 11.6 Å². The minimum Gasteiger partial charge on any atom is -0.369 e. The van der Waals surface area contributed by atoms with E-state index in [1.807, 2.05) is 13.0 Å². The molecular formula is C22H32ClN5O. The highest BCUT2D eigenvalue weighted by Crippen LogP contribution is 2.34. The second-order valence-electron chi connectivity index (χ2n) is 8.07. The van der Waals surface area contributed by atoms with E-state index in [2.05, 4.69) is 46.1 Å². The number of anilines is 1. The third kappa shape index (κ3) is 5.11. The number of aromatic amines is 1. The van der Waals surface area contributed by atoms with E-state index in [0.29, 0.717) is 29.2 Å². The molecule has 0 atom stereocenters. The Kier molecular flexibility index (Phi) is 7.19. The molecule has 2 N–H and O–H groups in total. The molecule has 1 amide bonds. The number of nitrogens with zero attached hydrogens (tertiary/aromatic N) is 3. The zero-order valence-corrected chi connectivity index (χ0v) is 18.6. The summed E-state index contributed by atoms with van der Waals surface area (Å²) < 4.78 is 0. The first-order chi connectivity index (χ1) is 13.9. The van der Waals surface area contributed by atoms with Crippen molar-refractivity contribution in [2.45, 2.75) is 58.2 Å². The molecule has 3 rings (SSSR count). The van der Waals surface area contributed by atoms with Crippen LogP contribution in [0.4, 0.5) is 5.69 Å². The molecule has 29 heavy (non-hydrogen) atoms. The normalized spacial score (nSPS) is 19.4. The van der Waals surface area contributed by atoms with E-state index in [-0.39, 0.29) is 5.91 Å². The molecule has 1 aromatic heterocycles. The third-order valence-corrected chi connectivity index (χ3v) is 6.29. The van der Waals surface area contributed by atoms with Gasteiger partial charge in [-0.25, -0.2) is 4.98 Å². The van der Waals surface area contributed by atoms with Crippen LogP contribution in [0.5, 0.6) is 0 Å². The van der Waals surface area contributed by atoms with Gasteiger partial charge >= 0.3 is 0 Å². The predicted molar refractivity (Wildman–Crippen MR) is 119 cm³/mol. The molecule has 1 heterocycles. The van der Waals surface area contributed by atoms with Gasteiger partial charge in [0.2, 0.25) is 0 Å². The Labute approximate surface area is 178 Å². The number of hydrogen-bond acceptors (Lipinski definition) is 4. The number of benzene rings is 1. The van der Waals surface area contributed by atoms with Crippen LogP contribution in [0.3, 0.4) is 0 Å². The quantitative estimate of drug-likeness (QED) is 0.714. The van der Waals surface area contributed by atoms with Crippen molar-refractivity contribution < 1.29 is 4.79 Å². The van der Waals surface area contributed by atoms with Crippen molar-refractivity contribution in [2.75, 3.05) is 25.5 Å². The van der Waals surface area contributed by atoms with Gasteiger partial charge in [0.25, 0.3) is 5.91 Å². The first-order valence-electron chi connectivity index (χ1n) is 10.4. The van der Waals surface area contributed by atoms with Gasteiger partial charge in [0.05, 0.1) is 18.6 Å². The molecule has 0 aliphatic heterocycles. The standard InChI is InChI=1S/C22H32ClN5O/c1-5-28(19-8-6-18(7-9-19)27(3)4)21-11-16(23)10-20(15(21)2)22(29)25-13-17-12-24-14-26-17/h10-12,14,18-19H,5-9,13H2,1-4H3,(H,24,26)(H,25,29)/t18-,19-. The summed E-state index contributed by atoms with van der Waals surface area (Å²) in [4.78, 5) is 24.6. The van der Waals surface area contributed by atoms with Crippen molar-refractivity contribution in [1.82, 2.24) is 20.2 Å². The van der Waals surface area contributed by atoms with Crippen molar-refractivity contribution in [2.24, 2.45) is 0 Å². The Morgan fingerprint density at radius 2 is 1.93 bits per heavy atom. The Hall–Kier alpha value is -2.05. The van der Waals surface area contributed by atoms with Gasteiger partial charge < -0.3 is 20.1 Å². The molecule has 6 nitrogen and oxygen atoms in total. The number of imidazole rings is 1. The summed E-state index contributed by atoms with van der Waals surface area (Å²) in [6.45, 7) is 5.50. The minimum atomic E-state index is -0.117. The lowest BCUT2D eigenvalue weighted by Gasteiger charge is -2.40. The largest absolute Gasteiger partial charge is 0.369 e. The first kappa shape index (κ1) is 21.7. The lowest BCUT2D eigenvalue weighted by molar-refractivity contribution is 0.0950. The first-order valence-corrected chi connectivity index (χ1v) is 10.8. The highest BCUT2D eigenvalue weighted by atomic mass is 35.5. The van der Waals surface area contributed by atoms with Gasteiger partial charge in [-0.05, 0) is 71.3 Å². The van der Waals surface area contributed by atoms with Gasteiger partial charge in [-0.3, -0.25) is 4.79 Å². The molecule has 0 spiro atoms. The van der Waals surface area contributed by atoms with Crippen molar-refractivity contribution in [3.05, 3.63) is 46.5 Å². The Morgan fingerprint density at radius 3 is 2.52 bits per heavy atom. The fourth-order valence-electron chi connectivity index (χ4n) is 4.36. The molecule has 1 saturated carbocycles. The van der Waals surface area contributed by atoms with E-state index >= 15 is 0 Å². The topological polar surface area (TPSA) is 64.3 Å². The predicted octanol–water partition coefficient (Wildman–Crippen LogP) is 4.00. The SMILES string of the molecule is CCN(c1cc(Cl)cc(C(=O)NCc2cnc[nH]2)c1C)[C@H]1CC[C@H](N(C)C)CC1. The van der Waals surface area contributed by atoms with Gasteiger partial charge in [-0.2, -0.15) is 0 Å². The number of carbonyl (C=O) groups is 1. The van der Waals surface area contributed by atoms with Gasteiger partial charge in [0.15, 0.2) is 0 Å². The molecule has 1 aliphatic carbocycles. The lowest BCUT2D eigenvalue weighted by Crippen LogP contribution is -2.42. The monoisotopic (exact) mass is 417 g/mol. The molecule has 0 bridgehead atoms. The average molecular weight is 418 g/mol. The maximum absolute atomic E-state index is 12.8. The highest BCUT2D eigenvalue weighted by Gasteiger charge is 2.28. The smallest absolute Gasteiger partial charge is 0.251 e. The van der Waals surface area contributed by atoms with E-state index < -0.39 is 0 Å². The molecular weight excluding hydrogens is 386 g/mol. The van der Waals surface area contributed by atoms with Crippen LogP contribution in [0.2, 0.25) is 5.02 Å². The minimum absolute atomic E-state index is 0.117. The molecule has 0 unspecified atom stereocenters. The van der Waals surface area contributed by atoms with E-state index in [9.17, 15) is 4.79 Å². The van der Waals surface area contributed by atoms with Crippen LogP contribution >= 0.6 is 11.6 Å². The molecule has 1 fully saturated rings. The fraction of sp³-hybridized carbons (Fsp3) is 0.545. The number of amides is 1. The van der Waals surface area contributed by atoms with Gasteiger partial charge in [-0.15, -0.1) is 0 Å². The second kappa shape index (κ2) is 9.63. The van der Waals surface area contributed by atoms with E-state index in [1.54, 1.807) is 18.6 Å². The maximum atomic E-state index is 12.8. The highest BCUT2D eigenvalue weighted by molar-refractivity contribution is 6.31. The van der Waals surface area contributed by atoms with Crippen molar-refractivity contribution in [1.29, 1.82) is 0 Å². The van der Waals surface area contributed by atoms with E-state index in [4.69, 9.17) is 11.6 Å². The lowest BCUT2D eigenvalue weighted by atomic mass is 9.89. The summed E-state index contributed by atoms with van der Waals surface area (Å²) in [6, 6.07) is 4.91. The second-order valence-corrected chi connectivity index (χ2v) is 8.51. The average Bonchev–Trinajstić information content (AvgIpc) is 3.23. The van der Waals surface area contributed by atoms with Crippen LogP contribution in [-0.2, 0) is 6.54 Å². The van der Waals surface area contributed by atoms with Crippen LogP contribution in [0.15, 0.2) is 24.7 Å². The molecule has 7 heteroatoms. The zero-order valence-electron chi connectivity index (χ0n) is 17.8. The number of aromatic nitrogens is 2. The molecule has 0 radical (unpaired) electrons. The molecule has 2 aromatic rings. The van der Waals surface area contributed by atoms with Crippen LogP contribution in [0, 0.1) is 6.92 Å². The zero-order chi connectivity index (χ0) is 21.0. The number of H-pyrrole nitrogens is 1. The molecule has 1 aromatic carbocycles. The summed E-state index contributed by atoms with van der Waals surface area (Å²) in [6.07, 6.45) is 8.03. The van der Waals surface area contributed by atoms with Crippen LogP contribution in [0.1, 0.15) is 54.2 Å². The van der Waals surface area contributed by atoms with Gasteiger partial charge in [0, 0.05) is 41.1 Å². The third-order valence-electron chi connectivity index (χ3n) is 6.07. The number of rotatable bonds is 7. The fourth-order valence-corrected chi connectivity index (χ4v) is 4.57. The Bertz CT molecular complexity index is 813. The molecule has 158 valence electrons. The summed E-state index contributed by atoms with van der Waals surface area (Å²) in [5.41, 5.74) is 3.55. The summed E-state index contributed by atoms with van der Waals surface area (Å²) in [5, 5.41) is 3.55. The summed E-state index contributed by atoms with van der Waals surface area (Å²) in [5.74, 6) is -0.117. The summed E-state index contributed by atoms with van der Waals surface area (Å²) >= 11 is 6.44. The Balaban J connectivity index is 1.78. The van der Waals surface area contributed by atoms with Crippen LogP contribution in [0.25, 0.3) is 0 Å². The Morgan fingerprint density at radius 1 is 1.24 bits per heavy atom. The van der Waals surface area contributed by atoms with Crippen molar-refractivity contribution >= 4 is 23.2 Å². The van der Waals surface area contributed by atoms with Crippen molar-refractivity contribution in [3.8, 4) is 0 Å². The van der Waals surface area contributed by atoms with Crippen LogP contribution < -0.4 is 10.2 Å². The maximum Gasteiger partial charge on any atom is 0.251 e. The van der Waals surface area contributed by atoms with Gasteiger partial charge in [0.1, 0.15) is 0 Å². The number of carbonyl (C=O) groups excluding carboxylic acids is 1. The molecule has 0 saturated heterocycles. The van der Waals surface area contributed by atoms with E-state index in [0.717, 1.165) is 36.3 Å². The number of nitrogens with one attached hydrogen (secondary N) is 2. The number of halogens is 1. The van der Waals surface area contributed by atoms with Crippen LogP contribution in [-0.4, -0.2) is 53.5 Å². The van der Waals surface area contributed by atoms with Crippen molar-refractivity contribution in [3.63, 3.8) is 0 Å². The molecule has 1 aliphatic rings.